The van der Waals surface area contributed by atoms with E-state index in [1.54, 1.807) is 0 Å². The average molecular weight is 952 g/mol. The average Bonchev–Trinajstić information content (AvgIpc) is 3.33. The van der Waals surface area contributed by atoms with E-state index in [-0.39, 0.29) is 12.8 Å². The maximum atomic E-state index is 13.1. The first kappa shape index (κ1) is 63.3. The largest absolute Gasteiger partial charge is 0.394 e. The highest BCUT2D eigenvalue weighted by molar-refractivity contribution is 5.80. The maximum absolute atomic E-state index is 13.1. The molecule has 1 saturated heterocycles. The smallest absolute Gasteiger partial charge is 0.249 e. The third kappa shape index (κ3) is 34.3. The molecule has 0 aromatic heterocycles. The van der Waals surface area contributed by atoms with Crippen LogP contribution in [0.15, 0.2) is 36.5 Å². The lowest BCUT2D eigenvalue weighted by Gasteiger charge is -2.40. The molecule has 1 fully saturated rings. The maximum Gasteiger partial charge on any atom is 0.249 e. The Morgan fingerprint density at radius 2 is 0.896 bits per heavy atom. The first-order chi connectivity index (χ1) is 32.7. The Labute approximate surface area is 409 Å². The van der Waals surface area contributed by atoms with Crippen molar-refractivity contribution >= 4 is 5.91 Å². The number of rotatable bonds is 47. The fourth-order valence-corrected chi connectivity index (χ4v) is 8.83. The van der Waals surface area contributed by atoms with Crippen molar-refractivity contribution in [1.82, 2.24) is 5.32 Å². The molecule has 0 radical (unpaired) electrons. The number of nitrogens with one attached hydrogen (secondary N) is 1. The molecule has 1 heterocycles. The van der Waals surface area contributed by atoms with Crippen LogP contribution in [0.25, 0.3) is 0 Å². The van der Waals surface area contributed by atoms with Crippen molar-refractivity contribution in [2.75, 3.05) is 13.2 Å². The van der Waals surface area contributed by atoms with Crippen molar-refractivity contribution in [2.24, 2.45) is 0 Å². The zero-order valence-electron chi connectivity index (χ0n) is 42.9. The SMILES string of the molecule is CCCCCCCCCCCCCCCCC/C=C/CC/C=C/CC/C=C/CCCC(O)C(O)C(COC1OC(CO)C(O)C(O)C1O)NC(=O)C(O)CCCCCCCCCCCCCC. The first-order valence-electron chi connectivity index (χ1n) is 27.9. The van der Waals surface area contributed by atoms with Gasteiger partial charge in [0.25, 0.3) is 0 Å². The van der Waals surface area contributed by atoms with Gasteiger partial charge in [0.1, 0.15) is 36.6 Å². The molecule has 0 saturated carbocycles. The van der Waals surface area contributed by atoms with Gasteiger partial charge in [-0.2, -0.15) is 0 Å². The normalized spacial score (nSPS) is 20.9. The van der Waals surface area contributed by atoms with Crippen molar-refractivity contribution in [3.63, 3.8) is 0 Å². The minimum Gasteiger partial charge on any atom is -0.394 e. The fourth-order valence-electron chi connectivity index (χ4n) is 8.83. The monoisotopic (exact) mass is 952 g/mol. The van der Waals surface area contributed by atoms with Crippen molar-refractivity contribution < 1.29 is 50.0 Å². The lowest BCUT2D eigenvalue weighted by Crippen LogP contribution is -2.60. The number of aliphatic hydroxyl groups is 7. The van der Waals surface area contributed by atoms with E-state index in [1.165, 1.54) is 154 Å². The molecular formula is C56H105NO10. The molecule has 0 aliphatic carbocycles. The van der Waals surface area contributed by atoms with E-state index in [1.807, 2.05) is 0 Å². The van der Waals surface area contributed by atoms with Gasteiger partial charge in [0, 0.05) is 0 Å². The van der Waals surface area contributed by atoms with Gasteiger partial charge in [-0.15, -0.1) is 0 Å². The van der Waals surface area contributed by atoms with Crippen LogP contribution in [0.5, 0.6) is 0 Å². The number of allylic oxidation sites excluding steroid dienone is 6. The van der Waals surface area contributed by atoms with Crippen LogP contribution >= 0.6 is 0 Å². The summed E-state index contributed by atoms with van der Waals surface area (Å²) in [6.07, 6.45) is 43.6. The van der Waals surface area contributed by atoms with Crippen LogP contribution in [-0.4, -0.2) is 110 Å². The number of carbonyl (C=O) groups is 1. The number of carbonyl (C=O) groups excluding carboxylic acids is 1. The molecule has 9 unspecified atom stereocenters. The molecule has 1 aliphatic rings. The highest BCUT2D eigenvalue weighted by Crippen LogP contribution is 2.23. The zero-order valence-corrected chi connectivity index (χ0v) is 42.9. The van der Waals surface area contributed by atoms with Gasteiger partial charge in [-0.3, -0.25) is 4.79 Å². The summed E-state index contributed by atoms with van der Waals surface area (Å²) >= 11 is 0. The lowest BCUT2D eigenvalue weighted by molar-refractivity contribution is -0.303. The Kier molecular flexibility index (Phi) is 43.0. The molecule has 11 nitrogen and oxygen atoms in total. The van der Waals surface area contributed by atoms with E-state index >= 15 is 0 Å². The van der Waals surface area contributed by atoms with E-state index in [0.717, 1.165) is 44.9 Å². The molecule has 394 valence electrons. The second kappa shape index (κ2) is 45.5. The Hall–Kier alpha value is -1.67. The van der Waals surface area contributed by atoms with Crippen molar-refractivity contribution in [3.8, 4) is 0 Å². The summed E-state index contributed by atoms with van der Waals surface area (Å²) in [6, 6.07) is -1.19. The number of aliphatic hydroxyl groups excluding tert-OH is 7. The number of unbranched alkanes of at least 4 members (excludes halogenated alkanes) is 29. The molecule has 0 bridgehead atoms. The molecule has 11 heteroatoms. The molecule has 67 heavy (non-hydrogen) atoms. The highest BCUT2D eigenvalue weighted by atomic mass is 16.7. The predicted molar refractivity (Wildman–Crippen MR) is 275 cm³/mol. The molecular weight excluding hydrogens is 847 g/mol. The third-order valence-electron chi connectivity index (χ3n) is 13.4. The number of hydrogen-bond donors (Lipinski definition) is 8. The van der Waals surface area contributed by atoms with Gasteiger partial charge in [-0.25, -0.2) is 0 Å². The van der Waals surface area contributed by atoms with Crippen LogP contribution in [0.4, 0.5) is 0 Å². The third-order valence-corrected chi connectivity index (χ3v) is 13.4. The molecule has 1 amide bonds. The van der Waals surface area contributed by atoms with Crippen LogP contribution in [0.2, 0.25) is 0 Å². The summed E-state index contributed by atoms with van der Waals surface area (Å²) in [4.78, 5) is 13.1. The van der Waals surface area contributed by atoms with E-state index in [9.17, 15) is 40.5 Å². The number of amides is 1. The van der Waals surface area contributed by atoms with E-state index in [0.29, 0.717) is 19.3 Å². The minimum absolute atomic E-state index is 0.242. The lowest BCUT2D eigenvalue weighted by atomic mass is 9.98. The summed E-state index contributed by atoms with van der Waals surface area (Å²) in [5, 5.41) is 75.8. The van der Waals surface area contributed by atoms with Gasteiger partial charge in [-0.1, -0.05) is 217 Å². The quantitative estimate of drug-likeness (QED) is 0.0215. The topological polar surface area (TPSA) is 189 Å². The minimum atomic E-state index is -1.67. The Morgan fingerprint density at radius 1 is 0.507 bits per heavy atom. The molecule has 8 N–H and O–H groups in total. The fraction of sp³-hybridized carbons (Fsp3) is 0.875. The predicted octanol–water partition coefficient (Wildman–Crippen LogP) is 11.1. The van der Waals surface area contributed by atoms with Crippen molar-refractivity contribution in [1.29, 1.82) is 0 Å². The molecule has 0 spiro atoms. The zero-order chi connectivity index (χ0) is 49.0. The van der Waals surface area contributed by atoms with Crippen molar-refractivity contribution in [3.05, 3.63) is 36.5 Å². The second-order valence-corrected chi connectivity index (χ2v) is 19.6. The molecule has 1 aliphatic heterocycles. The van der Waals surface area contributed by atoms with Gasteiger partial charge in [-0.05, 0) is 64.2 Å². The van der Waals surface area contributed by atoms with Crippen molar-refractivity contribution in [2.45, 2.75) is 300 Å². The highest BCUT2D eigenvalue weighted by Gasteiger charge is 2.44. The van der Waals surface area contributed by atoms with E-state index in [2.05, 4.69) is 55.6 Å². The van der Waals surface area contributed by atoms with Crippen LogP contribution in [0.1, 0.15) is 245 Å². The molecule has 9 atom stereocenters. The molecule has 0 aromatic rings. The number of hydrogen-bond acceptors (Lipinski definition) is 10. The Morgan fingerprint density at radius 3 is 1.33 bits per heavy atom. The van der Waals surface area contributed by atoms with E-state index < -0.39 is 74.2 Å². The summed E-state index contributed by atoms with van der Waals surface area (Å²) < 4.78 is 11.1. The second-order valence-electron chi connectivity index (χ2n) is 19.6. The van der Waals surface area contributed by atoms with Crippen LogP contribution in [0, 0.1) is 0 Å². The van der Waals surface area contributed by atoms with E-state index in [4.69, 9.17) is 9.47 Å². The van der Waals surface area contributed by atoms with Crippen LogP contribution < -0.4 is 5.32 Å². The molecule has 0 aromatic carbocycles. The number of ether oxygens (including phenoxy) is 2. The summed E-state index contributed by atoms with van der Waals surface area (Å²) in [5.74, 6) is -0.712. The summed E-state index contributed by atoms with van der Waals surface area (Å²) in [6.45, 7) is 3.43. The Balaban J connectivity index is 2.32. The summed E-state index contributed by atoms with van der Waals surface area (Å²) in [5.41, 5.74) is 0. The van der Waals surface area contributed by atoms with Crippen LogP contribution in [-0.2, 0) is 14.3 Å². The van der Waals surface area contributed by atoms with Gasteiger partial charge >= 0.3 is 0 Å². The van der Waals surface area contributed by atoms with Gasteiger partial charge in [0.2, 0.25) is 5.91 Å². The first-order valence-corrected chi connectivity index (χ1v) is 27.9. The van der Waals surface area contributed by atoms with Crippen LogP contribution in [0.3, 0.4) is 0 Å². The van der Waals surface area contributed by atoms with Gasteiger partial charge < -0.3 is 50.5 Å². The summed E-state index contributed by atoms with van der Waals surface area (Å²) in [7, 11) is 0. The Bertz CT molecular complexity index is 1180. The standard InChI is InChI=1S/C56H105NO10/c1-3-5-7-9-11-13-15-17-18-19-20-21-22-23-24-25-26-27-28-29-30-31-32-34-35-37-39-41-43-48(59)51(61)47(46-66-56-54(64)53(63)52(62)50(45-58)67-56)57-55(65)49(60)44-42-40-38-36-33-16-14-12-10-8-6-4-2/h26-27,30-31,35,37,47-54,56,58-64H,3-25,28-29,32-34,36,38-46H2,1-2H3,(H,57,65)/b27-26+,31-30+,37-35+. The molecule has 1 rings (SSSR count). The van der Waals surface area contributed by atoms with Gasteiger partial charge in [0.05, 0.1) is 25.4 Å². The van der Waals surface area contributed by atoms with Gasteiger partial charge in [0.15, 0.2) is 6.29 Å².